The predicted octanol–water partition coefficient (Wildman–Crippen LogP) is 5.18. The predicted molar refractivity (Wildman–Crippen MR) is 74.1 cm³/mol. The van der Waals surface area contributed by atoms with E-state index < -0.39 is 11.7 Å². The standard InChI is InChI=1S/C15H19ClF2O/c1-8(2)11-5-10(15(17)18)6-12(9(3)4)13(11)7-14(16)19/h5-6,8-9,15H,7H2,1-4H3. The van der Waals surface area contributed by atoms with Gasteiger partial charge < -0.3 is 0 Å². The maximum absolute atomic E-state index is 13.0. The Bertz CT molecular complexity index is 438. The summed E-state index contributed by atoms with van der Waals surface area (Å²) in [6, 6.07) is 2.99. The third-order valence-electron chi connectivity index (χ3n) is 3.15. The molecule has 0 heterocycles. The summed E-state index contributed by atoms with van der Waals surface area (Å²) < 4.78 is 25.9. The summed E-state index contributed by atoms with van der Waals surface area (Å²) >= 11 is 5.48. The number of carbonyl (C=O) groups excluding carboxylic acids is 1. The van der Waals surface area contributed by atoms with Crippen molar-refractivity contribution in [1.29, 1.82) is 0 Å². The molecule has 0 aliphatic heterocycles. The maximum atomic E-state index is 13.0. The van der Waals surface area contributed by atoms with Gasteiger partial charge in [-0.3, -0.25) is 4.79 Å². The van der Waals surface area contributed by atoms with Gasteiger partial charge in [0, 0.05) is 12.0 Å². The van der Waals surface area contributed by atoms with E-state index in [4.69, 9.17) is 11.6 Å². The maximum Gasteiger partial charge on any atom is 0.263 e. The fraction of sp³-hybridized carbons (Fsp3) is 0.533. The van der Waals surface area contributed by atoms with Crippen LogP contribution < -0.4 is 0 Å². The van der Waals surface area contributed by atoms with Crippen LogP contribution in [0.25, 0.3) is 0 Å². The minimum atomic E-state index is -2.50. The summed E-state index contributed by atoms with van der Waals surface area (Å²) in [5.41, 5.74) is 2.39. The highest BCUT2D eigenvalue weighted by atomic mass is 35.5. The molecule has 1 aromatic carbocycles. The first kappa shape index (κ1) is 16.1. The number of rotatable bonds is 5. The molecule has 1 aromatic rings. The molecule has 19 heavy (non-hydrogen) atoms. The van der Waals surface area contributed by atoms with Gasteiger partial charge in [0.15, 0.2) is 0 Å². The number of hydrogen-bond donors (Lipinski definition) is 0. The largest absolute Gasteiger partial charge is 0.281 e. The quantitative estimate of drug-likeness (QED) is 0.682. The zero-order valence-electron chi connectivity index (χ0n) is 11.6. The van der Waals surface area contributed by atoms with Crippen LogP contribution in [0.3, 0.4) is 0 Å². The Morgan fingerprint density at radius 1 is 1.11 bits per heavy atom. The van der Waals surface area contributed by atoms with Crippen LogP contribution in [0.1, 0.15) is 68.2 Å². The molecule has 0 unspecified atom stereocenters. The van der Waals surface area contributed by atoms with Crippen molar-refractivity contribution < 1.29 is 13.6 Å². The lowest BCUT2D eigenvalue weighted by molar-refractivity contribution is -0.111. The van der Waals surface area contributed by atoms with Gasteiger partial charge in [0.25, 0.3) is 6.43 Å². The molecule has 0 N–H and O–H groups in total. The van der Waals surface area contributed by atoms with Crippen LogP contribution in [0.15, 0.2) is 12.1 Å². The summed E-state index contributed by atoms with van der Waals surface area (Å²) in [5, 5.41) is -0.464. The molecule has 1 rings (SSSR count). The number of alkyl halides is 2. The summed E-state index contributed by atoms with van der Waals surface area (Å²) in [5.74, 6) is 0.143. The number of hydrogen-bond acceptors (Lipinski definition) is 1. The van der Waals surface area contributed by atoms with Gasteiger partial charge in [-0.25, -0.2) is 8.78 Å². The van der Waals surface area contributed by atoms with E-state index >= 15 is 0 Å². The van der Waals surface area contributed by atoms with Crippen LogP contribution in [0.5, 0.6) is 0 Å². The summed E-state index contributed by atoms with van der Waals surface area (Å²) in [6.07, 6.45) is -2.41. The van der Waals surface area contributed by atoms with Gasteiger partial charge in [0.2, 0.25) is 5.24 Å². The monoisotopic (exact) mass is 288 g/mol. The highest BCUT2D eigenvalue weighted by molar-refractivity contribution is 6.63. The van der Waals surface area contributed by atoms with Crippen molar-refractivity contribution in [3.05, 3.63) is 34.4 Å². The number of halogens is 3. The number of benzene rings is 1. The normalized spacial score (nSPS) is 11.7. The van der Waals surface area contributed by atoms with Gasteiger partial charge in [-0.2, -0.15) is 0 Å². The Morgan fingerprint density at radius 2 is 1.53 bits per heavy atom. The zero-order chi connectivity index (χ0) is 14.7. The van der Waals surface area contributed by atoms with Crippen LogP contribution >= 0.6 is 11.6 Å². The summed E-state index contributed by atoms with van der Waals surface area (Å²) in [7, 11) is 0. The van der Waals surface area contributed by atoms with Crippen molar-refractivity contribution in [3.8, 4) is 0 Å². The second-order valence-corrected chi connectivity index (χ2v) is 5.74. The second kappa shape index (κ2) is 6.47. The molecule has 0 saturated carbocycles. The first-order valence-corrected chi connectivity index (χ1v) is 6.74. The Balaban J connectivity index is 3.50. The van der Waals surface area contributed by atoms with Crippen molar-refractivity contribution in [1.82, 2.24) is 0 Å². The zero-order valence-corrected chi connectivity index (χ0v) is 12.4. The molecule has 0 aliphatic rings. The molecule has 0 saturated heterocycles. The highest BCUT2D eigenvalue weighted by Gasteiger charge is 2.20. The SMILES string of the molecule is CC(C)c1cc(C(F)F)cc(C(C)C)c1CC(=O)Cl. The lowest BCUT2D eigenvalue weighted by Gasteiger charge is -2.20. The van der Waals surface area contributed by atoms with E-state index in [1.165, 1.54) is 12.1 Å². The molecule has 0 fully saturated rings. The molecule has 0 aliphatic carbocycles. The van der Waals surface area contributed by atoms with Gasteiger partial charge >= 0.3 is 0 Å². The lowest BCUT2D eigenvalue weighted by Crippen LogP contribution is -2.08. The minimum Gasteiger partial charge on any atom is -0.281 e. The fourth-order valence-corrected chi connectivity index (χ4v) is 2.37. The van der Waals surface area contributed by atoms with Crippen molar-refractivity contribution in [2.45, 2.75) is 52.4 Å². The molecule has 0 spiro atoms. The summed E-state index contributed by atoms with van der Waals surface area (Å²) in [4.78, 5) is 11.2. The van der Waals surface area contributed by atoms with Gasteiger partial charge in [0.05, 0.1) is 0 Å². The first-order valence-electron chi connectivity index (χ1n) is 6.37. The van der Waals surface area contributed by atoms with Gasteiger partial charge in [-0.15, -0.1) is 0 Å². The third-order valence-corrected chi connectivity index (χ3v) is 3.29. The van der Waals surface area contributed by atoms with E-state index in [1.807, 2.05) is 27.7 Å². The van der Waals surface area contributed by atoms with E-state index in [9.17, 15) is 13.6 Å². The van der Waals surface area contributed by atoms with Crippen LogP contribution in [-0.4, -0.2) is 5.24 Å². The second-order valence-electron chi connectivity index (χ2n) is 5.32. The first-order chi connectivity index (χ1) is 8.73. The van der Waals surface area contributed by atoms with Crippen molar-refractivity contribution in [3.63, 3.8) is 0 Å². The van der Waals surface area contributed by atoms with E-state index in [0.717, 1.165) is 16.7 Å². The molecule has 0 radical (unpaired) electrons. The Kier molecular flexibility index (Phi) is 5.48. The van der Waals surface area contributed by atoms with Gasteiger partial charge in [-0.1, -0.05) is 27.7 Å². The third kappa shape index (κ3) is 4.00. The Hall–Kier alpha value is -0.960. The average molecular weight is 289 g/mol. The topological polar surface area (TPSA) is 17.1 Å². The Labute approximate surface area is 118 Å². The molecule has 4 heteroatoms. The fourth-order valence-electron chi connectivity index (χ4n) is 2.24. The molecule has 1 nitrogen and oxygen atoms in total. The smallest absolute Gasteiger partial charge is 0.263 e. The van der Waals surface area contributed by atoms with E-state index in [1.54, 1.807) is 0 Å². The van der Waals surface area contributed by atoms with Crippen molar-refractivity contribution in [2.75, 3.05) is 0 Å². The lowest BCUT2D eigenvalue weighted by atomic mass is 9.85. The van der Waals surface area contributed by atoms with Crippen molar-refractivity contribution >= 4 is 16.8 Å². The van der Waals surface area contributed by atoms with Gasteiger partial charge in [0.1, 0.15) is 0 Å². The van der Waals surface area contributed by atoms with Gasteiger partial charge in [-0.05, 0) is 52.3 Å². The molecule has 0 amide bonds. The van der Waals surface area contributed by atoms with Crippen molar-refractivity contribution in [2.24, 2.45) is 0 Å². The van der Waals surface area contributed by atoms with E-state index in [-0.39, 0.29) is 23.8 Å². The summed E-state index contributed by atoms with van der Waals surface area (Å²) in [6.45, 7) is 7.71. The van der Waals surface area contributed by atoms with E-state index in [0.29, 0.717) is 0 Å². The molecule has 0 aromatic heterocycles. The minimum absolute atomic E-state index is 0.0122. The molecule has 0 atom stereocenters. The van der Waals surface area contributed by atoms with Crippen LogP contribution in [0.2, 0.25) is 0 Å². The van der Waals surface area contributed by atoms with Crippen LogP contribution in [0, 0.1) is 0 Å². The highest BCUT2D eigenvalue weighted by Crippen LogP contribution is 2.33. The Morgan fingerprint density at radius 3 is 1.79 bits per heavy atom. The molecular weight excluding hydrogens is 270 g/mol. The van der Waals surface area contributed by atoms with Crippen LogP contribution in [-0.2, 0) is 11.2 Å². The molecule has 0 bridgehead atoms. The average Bonchev–Trinajstić information content (AvgIpc) is 2.27. The molecule has 106 valence electrons. The molecular formula is C15H19ClF2O. The number of carbonyl (C=O) groups is 1. The van der Waals surface area contributed by atoms with Crippen LogP contribution in [0.4, 0.5) is 8.78 Å². The van der Waals surface area contributed by atoms with E-state index in [2.05, 4.69) is 0 Å².